The Morgan fingerprint density at radius 1 is 1.23 bits per heavy atom. The van der Waals surface area contributed by atoms with Gasteiger partial charge in [-0.1, -0.05) is 0 Å². The molecule has 0 spiro atoms. The van der Waals surface area contributed by atoms with Crippen LogP contribution in [-0.2, 0) is 14.4 Å². The molecule has 0 aromatic carbocycles. The Hall–Kier alpha value is -1.59. The van der Waals surface area contributed by atoms with E-state index in [0.29, 0.717) is 0 Å². The second kappa shape index (κ2) is 5.13. The van der Waals surface area contributed by atoms with E-state index in [9.17, 15) is 14.4 Å². The van der Waals surface area contributed by atoms with Crippen molar-refractivity contribution in [2.75, 3.05) is 0 Å². The Morgan fingerprint density at radius 2 is 1.77 bits per heavy atom. The number of nitrogens with one attached hydrogen (secondary N) is 1. The molecule has 74 valence electrons. The van der Waals surface area contributed by atoms with Crippen molar-refractivity contribution in [3.8, 4) is 0 Å². The zero-order valence-electron chi connectivity index (χ0n) is 7.11. The quantitative estimate of drug-likeness (QED) is 0.537. The molecule has 0 saturated heterocycles. The van der Waals surface area contributed by atoms with Crippen molar-refractivity contribution in [1.29, 1.82) is 0 Å². The molecule has 1 atom stereocenters. The topological polar surface area (TPSA) is 104 Å². The summed E-state index contributed by atoms with van der Waals surface area (Å²) in [5.74, 6) is -2.81. The Morgan fingerprint density at radius 3 is 2.15 bits per heavy atom. The van der Waals surface area contributed by atoms with Crippen LogP contribution in [0.1, 0.15) is 19.8 Å². The van der Waals surface area contributed by atoms with Gasteiger partial charge >= 0.3 is 11.9 Å². The largest absolute Gasteiger partial charge is 0.481 e. The van der Waals surface area contributed by atoms with Crippen molar-refractivity contribution in [3.05, 3.63) is 0 Å². The lowest BCUT2D eigenvalue weighted by Crippen LogP contribution is -2.38. The van der Waals surface area contributed by atoms with E-state index in [0.717, 1.165) is 0 Å². The summed E-state index contributed by atoms with van der Waals surface area (Å²) in [6.07, 6.45) is -0.495. The van der Waals surface area contributed by atoms with Crippen LogP contribution in [0.15, 0.2) is 0 Å². The molecule has 6 nitrogen and oxygen atoms in total. The van der Waals surface area contributed by atoms with Gasteiger partial charge in [-0.05, 0) is 6.92 Å². The fourth-order valence-corrected chi connectivity index (χ4v) is 0.596. The molecular weight excluding hydrogens is 178 g/mol. The van der Waals surface area contributed by atoms with Gasteiger partial charge in [0.15, 0.2) is 0 Å². The van der Waals surface area contributed by atoms with Crippen molar-refractivity contribution in [1.82, 2.24) is 5.32 Å². The van der Waals surface area contributed by atoms with E-state index in [1.165, 1.54) is 6.92 Å². The van der Waals surface area contributed by atoms with Crippen molar-refractivity contribution in [2.45, 2.75) is 25.8 Å². The lowest BCUT2D eigenvalue weighted by molar-refractivity contribution is -0.141. The maximum Gasteiger partial charge on any atom is 0.325 e. The minimum absolute atomic E-state index is 0.201. The number of carboxylic acid groups (broad SMARTS) is 2. The first-order chi connectivity index (χ1) is 5.93. The predicted molar refractivity (Wildman–Crippen MR) is 42.1 cm³/mol. The van der Waals surface area contributed by atoms with Gasteiger partial charge in [-0.15, -0.1) is 0 Å². The van der Waals surface area contributed by atoms with Crippen LogP contribution >= 0.6 is 0 Å². The minimum atomic E-state index is -1.15. The van der Waals surface area contributed by atoms with Crippen LogP contribution in [0, 0.1) is 0 Å². The SMILES string of the molecule is CC(NC(=O)CCC(=O)O)C(=O)O. The van der Waals surface area contributed by atoms with E-state index in [1.54, 1.807) is 0 Å². The van der Waals surface area contributed by atoms with Gasteiger partial charge in [0.2, 0.25) is 5.91 Å². The van der Waals surface area contributed by atoms with Crippen LogP contribution in [0.5, 0.6) is 0 Å². The van der Waals surface area contributed by atoms with Crippen molar-refractivity contribution in [3.63, 3.8) is 0 Å². The van der Waals surface area contributed by atoms with E-state index in [4.69, 9.17) is 10.2 Å². The van der Waals surface area contributed by atoms with Gasteiger partial charge in [0.05, 0.1) is 6.42 Å². The molecule has 0 aromatic rings. The van der Waals surface area contributed by atoms with Crippen LogP contribution in [-0.4, -0.2) is 34.1 Å². The van der Waals surface area contributed by atoms with E-state index in [-0.39, 0.29) is 12.8 Å². The molecule has 6 heteroatoms. The standard InChI is InChI=1S/C7H11NO5/c1-4(7(12)13)8-5(9)2-3-6(10)11/h4H,2-3H2,1H3,(H,8,9)(H,10,11)(H,12,13). The Bertz CT molecular complexity index is 225. The van der Waals surface area contributed by atoms with Crippen molar-refractivity contribution < 1.29 is 24.6 Å². The second-order valence-electron chi connectivity index (χ2n) is 2.52. The summed E-state index contributed by atoms with van der Waals surface area (Å²) in [7, 11) is 0. The smallest absolute Gasteiger partial charge is 0.325 e. The molecule has 0 radical (unpaired) electrons. The first kappa shape index (κ1) is 11.4. The summed E-state index contributed by atoms with van der Waals surface area (Å²) in [4.78, 5) is 31.1. The fourth-order valence-electron chi connectivity index (χ4n) is 0.596. The van der Waals surface area contributed by atoms with Gasteiger partial charge < -0.3 is 15.5 Å². The molecule has 1 unspecified atom stereocenters. The Balaban J connectivity index is 3.74. The van der Waals surface area contributed by atoms with Crippen LogP contribution in [0.2, 0.25) is 0 Å². The maximum atomic E-state index is 10.8. The molecule has 13 heavy (non-hydrogen) atoms. The van der Waals surface area contributed by atoms with Gasteiger partial charge in [0.25, 0.3) is 0 Å². The van der Waals surface area contributed by atoms with Crippen molar-refractivity contribution >= 4 is 17.8 Å². The van der Waals surface area contributed by atoms with Crippen LogP contribution in [0.25, 0.3) is 0 Å². The minimum Gasteiger partial charge on any atom is -0.481 e. The van der Waals surface area contributed by atoms with Crippen LogP contribution in [0.4, 0.5) is 0 Å². The van der Waals surface area contributed by atoms with Gasteiger partial charge in [-0.3, -0.25) is 14.4 Å². The summed E-state index contributed by atoms with van der Waals surface area (Å²) in [5.41, 5.74) is 0. The molecule has 0 saturated carbocycles. The van der Waals surface area contributed by atoms with E-state index in [1.807, 2.05) is 0 Å². The normalized spacial score (nSPS) is 11.8. The van der Waals surface area contributed by atoms with E-state index < -0.39 is 23.9 Å². The maximum absolute atomic E-state index is 10.8. The molecule has 0 aliphatic heterocycles. The molecule has 0 rings (SSSR count). The molecule has 0 aliphatic rings. The fraction of sp³-hybridized carbons (Fsp3) is 0.571. The molecule has 3 N–H and O–H groups in total. The molecule has 1 amide bonds. The molecule has 0 fully saturated rings. The van der Waals surface area contributed by atoms with Gasteiger partial charge in [-0.2, -0.15) is 0 Å². The predicted octanol–water partition coefficient (Wildman–Crippen LogP) is -0.559. The van der Waals surface area contributed by atoms with Crippen molar-refractivity contribution in [2.24, 2.45) is 0 Å². The van der Waals surface area contributed by atoms with E-state index in [2.05, 4.69) is 5.32 Å². The summed E-state index contributed by atoms with van der Waals surface area (Å²) in [5, 5.41) is 18.7. The number of hydrogen-bond donors (Lipinski definition) is 3. The number of carbonyl (C=O) groups is 3. The third kappa shape index (κ3) is 5.66. The Labute approximate surface area is 74.6 Å². The average molecular weight is 189 g/mol. The third-order valence-corrected chi connectivity index (χ3v) is 1.31. The summed E-state index contributed by atoms with van der Waals surface area (Å²) < 4.78 is 0. The molecule has 0 bridgehead atoms. The molecule has 0 aliphatic carbocycles. The molecular formula is C7H11NO5. The lowest BCUT2D eigenvalue weighted by Gasteiger charge is -2.07. The zero-order chi connectivity index (χ0) is 10.4. The number of aliphatic carboxylic acids is 2. The summed E-state index contributed by atoms with van der Waals surface area (Å²) in [6, 6.07) is -0.985. The molecule has 0 aromatic heterocycles. The number of rotatable bonds is 5. The highest BCUT2D eigenvalue weighted by molar-refractivity contribution is 5.85. The average Bonchev–Trinajstić information content (AvgIpc) is 2.00. The second-order valence-corrected chi connectivity index (χ2v) is 2.52. The highest BCUT2D eigenvalue weighted by Crippen LogP contribution is 1.90. The summed E-state index contributed by atoms with van der Waals surface area (Å²) in [6.45, 7) is 1.31. The first-order valence-electron chi connectivity index (χ1n) is 3.67. The Kier molecular flexibility index (Phi) is 4.50. The van der Waals surface area contributed by atoms with Gasteiger partial charge in [0.1, 0.15) is 6.04 Å². The number of carboxylic acids is 2. The first-order valence-corrected chi connectivity index (χ1v) is 3.67. The highest BCUT2D eigenvalue weighted by atomic mass is 16.4. The monoisotopic (exact) mass is 189 g/mol. The number of carbonyl (C=O) groups excluding carboxylic acids is 1. The zero-order valence-corrected chi connectivity index (χ0v) is 7.11. The number of hydrogen-bond acceptors (Lipinski definition) is 3. The highest BCUT2D eigenvalue weighted by Gasteiger charge is 2.14. The van der Waals surface area contributed by atoms with Gasteiger partial charge in [0, 0.05) is 6.42 Å². The van der Waals surface area contributed by atoms with Crippen LogP contribution < -0.4 is 5.32 Å². The van der Waals surface area contributed by atoms with Gasteiger partial charge in [-0.25, -0.2) is 0 Å². The van der Waals surface area contributed by atoms with Crippen LogP contribution in [0.3, 0.4) is 0 Å². The summed E-state index contributed by atoms with van der Waals surface area (Å²) >= 11 is 0. The molecule has 0 heterocycles. The van der Waals surface area contributed by atoms with E-state index >= 15 is 0 Å². The lowest BCUT2D eigenvalue weighted by atomic mass is 10.2. The third-order valence-electron chi connectivity index (χ3n) is 1.31. The number of amides is 1.